The number of halogens is 2. The van der Waals surface area contributed by atoms with Crippen LogP contribution in [0.3, 0.4) is 0 Å². The third-order valence-electron chi connectivity index (χ3n) is 8.88. The van der Waals surface area contributed by atoms with Crippen LogP contribution in [0.15, 0.2) is 44.0 Å². The lowest BCUT2D eigenvalue weighted by Gasteiger charge is -2.21. The zero-order valence-corrected chi connectivity index (χ0v) is 34.6. The van der Waals surface area contributed by atoms with Crippen molar-refractivity contribution >= 4 is 24.0 Å². The second kappa shape index (κ2) is 22.1. The molecule has 0 fully saturated rings. The van der Waals surface area contributed by atoms with Crippen LogP contribution in [-0.2, 0) is 21.1 Å². The Balaban J connectivity index is 0. The minimum absolute atomic E-state index is 0. The van der Waals surface area contributed by atoms with E-state index in [1.165, 1.54) is 26.2 Å². The normalized spacial score (nSPS) is 12.5. The van der Waals surface area contributed by atoms with Crippen LogP contribution in [0.25, 0.3) is 0 Å². The van der Waals surface area contributed by atoms with E-state index in [4.69, 9.17) is 16.7 Å². The van der Waals surface area contributed by atoms with Crippen LogP contribution in [0.1, 0.15) is 104 Å². The van der Waals surface area contributed by atoms with Crippen LogP contribution in [0.5, 0.6) is 23.0 Å². The third kappa shape index (κ3) is 13.0. The Morgan fingerprint density at radius 2 is 0.909 bits per heavy atom. The first-order valence-electron chi connectivity index (χ1n) is 16.5. The first kappa shape index (κ1) is 52.6. The maximum absolute atomic E-state index is 11.8. The molecule has 17 heteroatoms. The van der Waals surface area contributed by atoms with E-state index < -0.39 is 23.1 Å². The number of hydrogen-bond acceptors (Lipinski definition) is 11. The summed E-state index contributed by atoms with van der Waals surface area (Å²) in [7, 11) is 9.10. The largest absolute Gasteiger partial charge is 0.503 e. The van der Waals surface area contributed by atoms with Gasteiger partial charge in [0, 0.05) is 74.2 Å². The summed E-state index contributed by atoms with van der Waals surface area (Å²) in [5.41, 5.74) is 1.82. The number of rotatable bonds is 5. The Morgan fingerprint density at radius 1 is 0.600 bits per heavy atom. The standard InChI is InChI=1S/C11H18N2O2.C9H12ClNO2.C9H13NO3.C8H11NO3.CH4.ClH/c1-7(12(3)4)9-6-13(5)8(2)10(14)11(9)15;1-5(10)7-4-11(3)6(2)8(12)9(7)13;1-5-8(12)9(13)7(6(2)11)4-10(5)3;1-4-7(11)8(12)6(3-9-4)5(2)10;;/h6-7,14H,1-5H3;4-5,12H,1-3H3;4,6,11-12H,1-3H3;3,5,10-11H,1-2H3,(H,9,12);1H4;1H. The zero-order valence-electron chi connectivity index (χ0n) is 33.0. The number of aliphatic hydroxyl groups is 2. The predicted octanol–water partition coefficient (Wildman–Crippen LogP) is 4.67. The summed E-state index contributed by atoms with van der Waals surface area (Å²) >= 11 is 5.78. The summed E-state index contributed by atoms with van der Waals surface area (Å²) in [4.78, 5) is 50.4. The minimum atomic E-state index is -0.861. The van der Waals surface area contributed by atoms with Gasteiger partial charge < -0.3 is 54.2 Å². The molecule has 0 bridgehead atoms. The van der Waals surface area contributed by atoms with Gasteiger partial charge >= 0.3 is 0 Å². The molecule has 4 heterocycles. The molecule has 0 aliphatic carbocycles. The van der Waals surface area contributed by atoms with Crippen molar-refractivity contribution in [2.75, 3.05) is 14.1 Å². The fourth-order valence-electron chi connectivity index (χ4n) is 4.59. The molecule has 4 aromatic rings. The fraction of sp³-hybridized carbons (Fsp3) is 0.474. The van der Waals surface area contributed by atoms with Gasteiger partial charge in [0.05, 0.1) is 40.4 Å². The fourth-order valence-corrected chi connectivity index (χ4v) is 4.75. The number of aryl methyl sites for hydroxylation is 4. The van der Waals surface area contributed by atoms with Crippen molar-refractivity contribution in [3.05, 3.63) is 111 Å². The highest BCUT2D eigenvalue weighted by Gasteiger charge is 2.17. The lowest BCUT2D eigenvalue weighted by Crippen LogP contribution is -2.25. The summed E-state index contributed by atoms with van der Waals surface area (Å²) in [5, 5.41) is 55.5. The summed E-state index contributed by atoms with van der Waals surface area (Å²) < 4.78 is 5.07. The predicted molar refractivity (Wildman–Crippen MR) is 219 cm³/mol. The van der Waals surface area contributed by atoms with Gasteiger partial charge in [-0.3, -0.25) is 19.2 Å². The molecule has 0 spiro atoms. The third-order valence-corrected chi connectivity index (χ3v) is 9.11. The maximum atomic E-state index is 11.8. The van der Waals surface area contributed by atoms with Crippen molar-refractivity contribution in [2.45, 2.75) is 86.4 Å². The lowest BCUT2D eigenvalue weighted by molar-refractivity contribution is 0.196. The number of hydrogen-bond donors (Lipinski definition) is 7. The van der Waals surface area contributed by atoms with Crippen molar-refractivity contribution < 1.29 is 30.6 Å². The van der Waals surface area contributed by atoms with Gasteiger partial charge in [0.2, 0.25) is 21.7 Å². The van der Waals surface area contributed by atoms with Crippen LogP contribution in [0.2, 0.25) is 0 Å². The number of nitrogens with zero attached hydrogens (tertiary/aromatic N) is 4. The van der Waals surface area contributed by atoms with Crippen LogP contribution < -0.4 is 21.7 Å². The molecule has 0 saturated heterocycles. The van der Waals surface area contributed by atoms with E-state index in [0.29, 0.717) is 33.9 Å². The SMILES string of the molecule is C.Cc1[nH]cc(C(C)O)c(=O)c1O.Cc1c(O)c(=O)c(C(C)Cl)cn1C.Cc1c(O)c(=O)c(C(C)N(C)C)cn1C.Cc1c(O)c(=O)c(C(C)O)cn1C.Cl. The van der Waals surface area contributed by atoms with Gasteiger partial charge in [0.1, 0.15) is 0 Å². The average molecular weight is 817 g/mol. The van der Waals surface area contributed by atoms with E-state index in [0.717, 1.165) is 0 Å². The zero-order chi connectivity index (χ0) is 41.4. The molecule has 310 valence electrons. The number of aliphatic hydroxyl groups excluding tert-OH is 2. The molecular weight excluding hydrogens is 757 g/mol. The molecule has 4 rings (SSSR count). The first-order chi connectivity index (χ1) is 24.3. The minimum Gasteiger partial charge on any atom is -0.503 e. The quantitative estimate of drug-likeness (QED) is 0.137. The summed E-state index contributed by atoms with van der Waals surface area (Å²) in [6.07, 6.45) is 4.65. The van der Waals surface area contributed by atoms with Gasteiger partial charge in [-0.1, -0.05) is 7.43 Å². The van der Waals surface area contributed by atoms with Crippen molar-refractivity contribution in [3.8, 4) is 23.0 Å². The van der Waals surface area contributed by atoms with Crippen molar-refractivity contribution in [2.24, 2.45) is 21.1 Å². The molecular formula is C38H59Cl2N5O10. The Morgan fingerprint density at radius 3 is 1.25 bits per heavy atom. The molecule has 0 aliphatic rings. The van der Waals surface area contributed by atoms with Crippen molar-refractivity contribution in [1.29, 1.82) is 0 Å². The smallest absolute Gasteiger partial charge is 0.229 e. The Hall–Kier alpha value is -4.54. The summed E-state index contributed by atoms with van der Waals surface area (Å²) in [6.45, 7) is 13.2. The number of H-pyrrole nitrogens is 1. The lowest BCUT2D eigenvalue weighted by atomic mass is 10.1. The molecule has 4 aromatic heterocycles. The van der Waals surface area contributed by atoms with E-state index in [9.17, 15) is 44.7 Å². The number of aromatic nitrogens is 4. The first-order valence-corrected chi connectivity index (χ1v) is 17.0. The van der Waals surface area contributed by atoms with E-state index in [1.807, 2.05) is 33.0 Å². The second-order valence-electron chi connectivity index (χ2n) is 13.0. The maximum Gasteiger partial charge on any atom is 0.229 e. The molecule has 7 N–H and O–H groups in total. The number of nitrogens with one attached hydrogen (secondary N) is 1. The second-order valence-corrected chi connectivity index (χ2v) is 13.7. The van der Waals surface area contributed by atoms with Gasteiger partial charge in [-0.05, 0) is 69.5 Å². The van der Waals surface area contributed by atoms with Crippen LogP contribution in [0, 0.1) is 27.7 Å². The van der Waals surface area contributed by atoms with Gasteiger partial charge in [0.25, 0.3) is 0 Å². The molecule has 4 unspecified atom stereocenters. The van der Waals surface area contributed by atoms with E-state index in [1.54, 1.807) is 74.8 Å². The Kier molecular flexibility index (Phi) is 21.1. The van der Waals surface area contributed by atoms with E-state index in [-0.39, 0.29) is 76.2 Å². The molecule has 55 heavy (non-hydrogen) atoms. The average Bonchev–Trinajstić information content (AvgIpc) is 3.09. The van der Waals surface area contributed by atoms with Crippen LogP contribution >= 0.6 is 24.0 Å². The molecule has 0 amide bonds. The van der Waals surface area contributed by atoms with Crippen molar-refractivity contribution in [3.63, 3.8) is 0 Å². The molecule has 0 radical (unpaired) electrons. The highest BCUT2D eigenvalue weighted by molar-refractivity contribution is 6.20. The number of alkyl halides is 1. The number of aromatic hydroxyl groups is 4. The van der Waals surface area contributed by atoms with E-state index >= 15 is 0 Å². The van der Waals surface area contributed by atoms with Gasteiger partial charge in [-0.25, -0.2) is 0 Å². The topological polar surface area (TPSA) is 223 Å². The highest BCUT2D eigenvalue weighted by Crippen LogP contribution is 2.20. The van der Waals surface area contributed by atoms with Crippen LogP contribution in [-0.4, -0.2) is 68.3 Å². The number of pyridine rings is 4. The van der Waals surface area contributed by atoms with E-state index in [2.05, 4.69) is 4.98 Å². The molecule has 15 nitrogen and oxygen atoms in total. The Bertz CT molecular complexity index is 2060. The molecule has 0 aliphatic heterocycles. The molecule has 4 atom stereocenters. The molecule has 0 saturated carbocycles. The van der Waals surface area contributed by atoms with Gasteiger partial charge in [-0.15, -0.1) is 24.0 Å². The number of aromatic amines is 1. The summed E-state index contributed by atoms with van der Waals surface area (Å²) in [5.74, 6) is -0.981. The Labute approximate surface area is 332 Å². The van der Waals surface area contributed by atoms with Crippen molar-refractivity contribution in [1.82, 2.24) is 23.6 Å². The summed E-state index contributed by atoms with van der Waals surface area (Å²) in [6, 6.07) is -0.00444. The highest BCUT2D eigenvalue weighted by atomic mass is 35.5. The van der Waals surface area contributed by atoms with Crippen LogP contribution in [0.4, 0.5) is 0 Å². The molecule has 0 aromatic carbocycles. The van der Waals surface area contributed by atoms with Gasteiger partial charge in [-0.2, -0.15) is 0 Å². The monoisotopic (exact) mass is 815 g/mol. The van der Waals surface area contributed by atoms with Gasteiger partial charge in [0.15, 0.2) is 23.0 Å².